The minimum atomic E-state index is -1.13. The van der Waals surface area contributed by atoms with E-state index in [1.807, 2.05) is 56.3 Å². The van der Waals surface area contributed by atoms with Crippen LogP contribution in [0.15, 0.2) is 66.7 Å². The van der Waals surface area contributed by atoms with Crippen molar-refractivity contribution in [2.45, 2.75) is 44.6 Å². The van der Waals surface area contributed by atoms with Crippen molar-refractivity contribution in [3.63, 3.8) is 0 Å². The molecular formula is C28H27NO6. The molecule has 5 rings (SSSR count). The van der Waals surface area contributed by atoms with Crippen molar-refractivity contribution >= 4 is 12.1 Å². The highest BCUT2D eigenvalue weighted by Crippen LogP contribution is 2.44. The number of hydrogen-bond acceptors (Lipinski definition) is 5. The summed E-state index contributed by atoms with van der Waals surface area (Å²) in [6.45, 7) is 4.16. The molecule has 1 aliphatic carbocycles. The Bertz CT molecular complexity index is 1240. The number of carbonyl (C=O) groups excluding carboxylic acids is 1. The van der Waals surface area contributed by atoms with Gasteiger partial charge in [0.2, 0.25) is 5.79 Å². The first kappa shape index (κ1) is 22.9. The van der Waals surface area contributed by atoms with Gasteiger partial charge in [0.15, 0.2) is 0 Å². The quantitative estimate of drug-likeness (QED) is 0.531. The number of hydrogen-bond donors (Lipinski definition) is 2. The van der Waals surface area contributed by atoms with Gasteiger partial charge in [0, 0.05) is 31.7 Å². The second-order valence-corrected chi connectivity index (χ2v) is 9.30. The van der Waals surface area contributed by atoms with Crippen molar-refractivity contribution in [2.75, 3.05) is 6.61 Å². The Morgan fingerprint density at radius 3 is 2.37 bits per heavy atom. The summed E-state index contributed by atoms with van der Waals surface area (Å²) in [7, 11) is 0. The predicted octanol–water partition coefficient (Wildman–Crippen LogP) is 4.87. The van der Waals surface area contributed by atoms with Gasteiger partial charge < -0.3 is 24.6 Å². The highest BCUT2D eigenvalue weighted by atomic mass is 16.7. The van der Waals surface area contributed by atoms with E-state index in [2.05, 4.69) is 17.4 Å². The van der Waals surface area contributed by atoms with Gasteiger partial charge in [-0.2, -0.15) is 0 Å². The topological polar surface area (TPSA) is 94.1 Å². The second kappa shape index (κ2) is 9.07. The number of ether oxygens (including phenoxy) is 3. The molecule has 2 aliphatic rings. The lowest BCUT2D eigenvalue weighted by Crippen LogP contribution is -2.43. The van der Waals surface area contributed by atoms with E-state index in [-0.39, 0.29) is 18.9 Å². The van der Waals surface area contributed by atoms with Crippen molar-refractivity contribution < 1.29 is 28.9 Å². The van der Waals surface area contributed by atoms with Gasteiger partial charge in [-0.05, 0) is 39.9 Å². The molecular weight excluding hydrogens is 446 g/mol. The van der Waals surface area contributed by atoms with Crippen LogP contribution in [0.2, 0.25) is 0 Å². The third-order valence-corrected chi connectivity index (χ3v) is 6.43. The average molecular weight is 474 g/mol. The number of carbonyl (C=O) groups is 2. The standard InChI is InChI=1S/C28H27NO6/c1-28(2)34-15-18-13-17(11-12-25(18)35-28)14-24(26(30)31)29-27(32)33-16-23-21-9-5-3-7-19(21)20-8-4-6-10-22(20)23/h3-13,23-24H,14-16H2,1-2H3,(H,29,32)(H,30,31). The SMILES string of the molecule is CC1(C)OCc2cc(CC(NC(=O)OCC3c4ccccc4-c4ccccc43)C(=O)O)ccc2O1. The molecule has 1 aliphatic heterocycles. The fourth-order valence-electron chi connectivity index (χ4n) is 4.74. The van der Waals surface area contributed by atoms with Crippen LogP contribution in [0.1, 0.15) is 42.0 Å². The Morgan fingerprint density at radius 1 is 1.06 bits per heavy atom. The van der Waals surface area contributed by atoms with Crippen molar-refractivity contribution in [2.24, 2.45) is 0 Å². The molecule has 0 saturated carbocycles. The Hall–Kier alpha value is -3.84. The maximum atomic E-state index is 12.6. The zero-order valence-electron chi connectivity index (χ0n) is 19.6. The monoisotopic (exact) mass is 473 g/mol. The third-order valence-electron chi connectivity index (χ3n) is 6.43. The van der Waals surface area contributed by atoms with Crippen LogP contribution in [0.25, 0.3) is 11.1 Å². The highest BCUT2D eigenvalue weighted by Gasteiger charge is 2.30. The number of alkyl carbamates (subject to hydrolysis) is 1. The van der Waals surface area contributed by atoms with Gasteiger partial charge in [-0.15, -0.1) is 0 Å². The number of rotatable bonds is 6. The van der Waals surface area contributed by atoms with Gasteiger partial charge >= 0.3 is 12.1 Å². The van der Waals surface area contributed by atoms with Crippen LogP contribution >= 0.6 is 0 Å². The van der Waals surface area contributed by atoms with E-state index < -0.39 is 23.9 Å². The number of benzene rings is 3. The Balaban J connectivity index is 1.24. The maximum Gasteiger partial charge on any atom is 0.407 e. The number of fused-ring (bicyclic) bond motifs is 4. The summed E-state index contributed by atoms with van der Waals surface area (Å²) >= 11 is 0. The normalized spacial score (nSPS) is 16.3. The zero-order chi connectivity index (χ0) is 24.6. The van der Waals surface area contributed by atoms with Crippen molar-refractivity contribution in [3.8, 4) is 16.9 Å². The van der Waals surface area contributed by atoms with Gasteiger partial charge in [0.05, 0.1) is 6.61 Å². The fourth-order valence-corrected chi connectivity index (χ4v) is 4.74. The predicted molar refractivity (Wildman–Crippen MR) is 129 cm³/mol. The minimum Gasteiger partial charge on any atom is -0.480 e. The lowest BCUT2D eigenvalue weighted by Gasteiger charge is -2.32. The molecule has 1 amide bonds. The molecule has 7 heteroatoms. The van der Waals surface area contributed by atoms with Gasteiger partial charge in [-0.25, -0.2) is 9.59 Å². The summed E-state index contributed by atoms with van der Waals surface area (Å²) in [5.74, 6) is -1.23. The summed E-state index contributed by atoms with van der Waals surface area (Å²) in [4.78, 5) is 24.5. The molecule has 35 heavy (non-hydrogen) atoms. The fraction of sp³-hybridized carbons (Fsp3) is 0.286. The molecule has 0 aromatic heterocycles. The van der Waals surface area contributed by atoms with Gasteiger partial charge in [-0.1, -0.05) is 54.6 Å². The van der Waals surface area contributed by atoms with Crippen molar-refractivity contribution in [3.05, 3.63) is 89.0 Å². The molecule has 1 unspecified atom stereocenters. The number of nitrogens with one attached hydrogen (secondary N) is 1. The molecule has 0 spiro atoms. The van der Waals surface area contributed by atoms with Crippen molar-refractivity contribution in [1.82, 2.24) is 5.32 Å². The smallest absolute Gasteiger partial charge is 0.407 e. The van der Waals surface area contributed by atoms with Gasteiger partial charge in [-0.3, -0.25) is 0 Å². The second-order valence-electron chi connectivity index (χ2n) is 9.30. The highest BCUT2D eigenvalue weighted by molar-refractivity contribution is 5.81. The molecule has 2 N–H and O–H groups in total. The molecule has 3 aromatic carbocycles. The van der Waals surface area contributed by atoms with E-state index >= 15 is 0 Å². The Labute approximate surface area is 203 Å². The van der Waals surface area contributed by atoms with E-state index in [1.165, 1.54) is 0 Å². The largest absolute Gasteiger partial charge is 0.480 e. The van der Waals surface area contributed by atoms with E-state index in [0.29, 0.717) is 12.4 Å². The summed E-state index contributed by atoms with van der Waals surface area (Å²) < 4.78 is 17.0. The number of aliphatic carboxylic acids is 1. The number of carboxylic acids is 1. The van der Waals surface area contributed by atoms with Crippen LogP contribution in [0.3, 0.4) is 0 Å². The third kappa shape index (κ3) is 4.72. The first-order valence-electron chi connectivity index (χ1n) is 11.6. The van der Waals surface area contributed by atoms with Crippen LogP contribution in [-0.4, -0.2) is 35.6 Å². The summed E-state index contributed by atoms with van der Waals surface area (Å²) in [5.41, 5.74) is 6.04. The number of amides is 1. The van der Waals surface area contributed by atoms with E-state index in [1.54, 1.807) is 12.1 Å². The van der Waals surface area contributed by atoms with Crippen LogP contribution in [0.5, 0.6) is 5.75 Å². The molecule has 1 atom stereocenters. The van der Waals surface area contributed by atoms with Gasteiger partial charge in [0.1, 0.15) is 18.4 Å². The van der Waals surface area contributed by atoms with Crippen LogP contribution in [-0.2, 0) is 27.3 Å². The Kier molecular flexibility index (Phi) is 5.94. The lowest BCUT2D eigenvalue weighted by molar-refractivity contribution is -0.180. The van der Waals surface area contributed by atoms with E-state index in [9.17, 15) is 14.7 Å². The molecule has 0 radical (unpaired) electrons. The Morgan fingerprint density at radius 2 is 1.71 bits per heavy atom. The molecule has 0 bridgehead atoms. The molecule has 0 fully saturated rings. The maximum absolute atomic E-state index is 12.6. The first-order valence-corrected chi connectivity index (χ1v) is 11.6. The molecule has 180 valence electrons. The van der Waals surface area contributed by atoms with Crippen LogP contribution in [0.4, 0.5) is 4.79 Å². The summed E-state index contributed by atoms with van der Waals surface area (Å²) in [5, 5.41) is 12.2. The molecule has 0 saturated heterocycles. The summed E-state index contributed by atoms with van der Waals surface area (Å²) in [6.07, 6.45) is -0.651. The van der Waals surface area contributed by atoms with E-state index in [4.69, 9.17) is 14.2 Å². The summed E-state index contributed by atoms with van der Waals surface area (Å²) in [6, 6.07) is 20.4. The minimum absolute atomic E-state index is 0.0960. The van der Waals surface area contributed by atoms with E-state index in [0.717, 1.165) is 33.4 Å². The van der Waals surface area contributed by atoms with Crippen LogP contribution < -0.4 is 10.1 Å². The molecule has 3 aromatic rings. The average Bonchev–Trinajstić information content (AvgIpc) is 3.15. The number of carboxylic acid groups (broad SMARTS) is 1. The first-order chi connectivity index (χ1) is 16.8. The lowest BCUT2D eigenvalue weighted by atomic mass is 9.98. The van der Waals surface area contributed by atoms with Crippen molar-refractivity contribution in [1.29, 1.82) is 0 Å². The molecule has 7 nitrogen and oxygen atoms in total. The zero-order valence-corrected chi connectivity index (χ0v) is 19.6. The van der Waals surface area contributed by atoms with Gasteiger partial charge in [0.25, 0.3) is 0 Å². The molecule has 1 heterocycles. The van der Waals surface area contributed by atoms with Crippen LogP contribution in [0, 0.1) is 0 Å².